The van der Waals surface area contributed by atoms with Crippen molar-refractivity contribution in [3.05, 3.63) is 46.3 Å². The van der Waals surface area contributed by atoms with Crippen LogP contribution in [-0.4, -0.2) is 7.05 Å². The summed E-state index contributed by atoms with van der Waals surface area (Å²) in [5.74, 6) is 0. The zero-order valence-corrected chi connectivity index (χ0v) is 10.8. The van der Waals surface area contributed by atoms with Crippen LogP contribution in [0.3, 0.4) is 0 Å². The third-order valence-corrected chi connectivity index (χ3v) is 3.71. The Morgan fingerprint density at radius 1 is 1.19 bits per heavy atom. The van der Waals surface area contributed by atoms with Gasteiger partial charge in [-0.1, -0.05) is 23.8 Å². The van der Waals surface area contributed by atoms with Crippen LogP contribution in [-0.2, 0) is 6.54 Å². The van der Waals surface area contributed by atoms with E-state index in [4.69, 9.17) is 0 Å². The van der Waals surface area contributed by atoms with E-state index < -0.39 is 0 Å². The minimum absolute atomic E-state index is 0.946. The average Bonchev–Trinajstić information content (AvgIpc) is 2.71. The molecule has 16 heavy (non-hydrogen) atoms. The lowest BCUT2D eigenvalue weighted by atomic mass is 10.0. The lowest BCUT2D eigenvalue weighted by molar-refractivity contribution is 0.821. The second-order valence-corrected chi connectivity index (χ2v) is 5.08. The average molecular weight is 231 g/mol. The molecule has 0 fully saturated rings. The Labute approximate surface area is 101 Å². The summed E-state index contributed by atoms with van der Waals surface area (Å²) < 4.78 is 0. The number of rotatable bonds is 3. The topological polar surface area (TPSA) is 12.0 Å². The van der Waals surface area contributed by atoms with Gasteiger partial charge in [-0.25, -0.2) is 0 Å². The first-order chi connectivity index (χ1) is 7.70. The Morgan fingerprint density at radius 3 is 2.75 bits per heavy atom. The lowest BCUT2D eigenvalue weighted by Gasteiger charge is -2.04. The highest BCUT2D eigenvalue weighted by Gasteiger charge is 2.05. The first-order valence-corrected chi connectivity index (χ1v) is 6.38. The van der Waals surface area contributed by atoms with Crippen LogP contribution < -0.4 is 5.32 Å². The minimum atomic E-state index is 0.946. The fraction of sp³-hybridized carbons (Fsp3) is 0.286. The third-order valence-electron chi connectivity index (χ3n) is 2.69. The molecule has 84 valence electrons. The molecule has 2 aromatic rings. The SMILES string of the molecule is CNCc1csc(-c2cc(C)ccc2C)c1. The molecule has 1 N–H and O–H groups in total. The Hall–Kier alpha value is -1.12. The van der Waals surface area contributed by atoms with Gasteiger partial charge in [-0.15, -0.1) is 11.3 Å². The van der Waals surface area contributed by atoms with Crippen molar-refractivity contribution >= 4 is 11.3 Å². The van der Waals surface area contributed by atoms with E-state index >= 15 is 0 Å². The molecule has 1 heterocycles. The molecule has 1 aromatic heterocycles. The van der Waals surface area contributed by atoms with E-state index in [0.29, 0.717) is 0 Å². The summed E-state index contributed by atoms with van der Waals surface area (Å²) in [7, 11) is 1.98. The summed E-state index contributed by atoms with van der Waals surface area (Å²) in [6, 6.07) is 8.91. The van der Waals surface area contributed by atoms with E-state index in [1.54, 1.807) is 0 Å². The number of hydrogen-bond donors (Lipinski definition) is 1. The number of thiophene rings is 1. The van der Waals surface area contributed by atoms with E-state index in [0.717, 1.165) is 6.54 Å². The zero-order valence-electron chi connectivity index (χ0n) is 10.0. The van der Waals surface area contributed by atoms with Gasteiger partial charge >= 0.3 is 0 Å². The highest BCUT2D eigenvalue weighted by Crippen LogP contribution is 2.30. The molecule has 0 spiro atoms. The van der Waals surface area contributed by atoms with E-state index in [1.807, 2.05) is 18.4 Å². The molecule has 1 nitrogen and oxygen atoms in total. The molecule has 1 aromatic carbocycles. The van der Waals surface area contributed by atoms with Crippen molar-refractivity contribution in [1.82, 2.24) is 5.32 Å². The van der Waals surface area contributed by atoms with Crippen molar-refractivity contribution in [2.45, 2.75) is 20.4 Å². The summed E-state index contributed by atoms with van der Waals surface area (Å²) in [5.41, 5.74) is 5.41. The first kappa shape index (κ1) is 11.4. The van der Waals surface area contributed by atoms with Crippen LogP contribution in [0, 0.1) is 13.8 Å². The second kappa shape index (κ2) is 4.81. The van der Waals surface area contributed by atoms with Crippen LogP contribution in [0.4, 0.5) is 0 Å². The molecule has 0 saturated carbocycles. The molecule has 2 heteroatoms. The molecule has 2 rings (SSSR count). The number of nitrogens with one attached hydrogen (secondary N) is 1. The van der Waals surface area contributed by atoms with Crippen molar-refractivity contribution in [3.63, 3.8) is 0 Å². The Balaban J connectivity index is 2.38. The lowest BCUT2D eigenvalue weighted by Crippen LogP contribution is -2.03. The number of benzene rings is 1. The van der Waals surface area contributed by atoms with E-state index in [2.05, 4.69) is 48.8 Å². The fourth-order valence-corrected chi connectivity index (χ4v) is 2.81. The van der Waals surface area contributed by atoms with E-state index in [9.17, 15) is 0 Å². The maximum Gasteiger partial charge on any atom is 0.0348 e. The van der Waals surface area contributed by atoms with Crippen molar-refractivity contribution in [2.24, 2.45) is 0 Å². The summed E-state index contributed by atoms with van der Waals surface area (Å²) in [6.45, 7) is 5.26. The van der Waals surface area contributed by atoms with Gasteiger partial charge < -0.3 is 5.32 Å². The second-order valence-electron chi connectivity index (χ2n) is 4.17. The van der Waals surface area contributed by atoms with Gasteiger partial charge in [0.2, 0.25) is 0 Å². The van der Waals surface area contributed by atoms with Crippen LogP contribution in [0.5, 0.6) is 0 Å². The standard InChI is InChI=1S/C14H17NS/c1-10-4-5-11(2)13(6-10)14-7-12(8-15-3)9-16-14/h4-7,9,15H,8H2,1-3H3. The van der Waals surface area contributed by atoms with Crippen molar-refractivity contribution < 1.29 is 0 Å². The van der Waals surface area contributed by atoms with E-state index in [-0.39, 0.29) is 0 Å². The maximum absolute atomic E-state index is 3.18. The molecular weight excluding hydrogens is 214 g/mol. The zero-order chi connectivity index (χ0) is 11.5. The maximum atomic E-state index is 3.18. The molecule has 0 aliphatic heterocycles. The summed E-state index contributed by atoms with van der Waals surface area (Å²) >= 11 is 1.83. The van der Waals surface area contributed by atoms with Crippen LogP contribution in [0.1, 0.15) is 16.7 Å². The molecule has 0 bridgehead atoms. The minimum Gasteiger partial charge on any atom is -0.316 e. The highest BCUT2D eigenvalue weighted by molar-refractivity contribution is 7.13. The predicted molar refractivity (Wildman–Crippen MR) is 72.0 cm³/mol. The molecule has 0 saturated heterocycles. The molecule has 0 amide bonds. The van der Waals surface area contributed by atoms with Crippen LogP contribution in [0.25, 0.3) is 10.4 Å². The molecule has 0 radical (unpaired) electrons. The van der Waals surface area contributed by atoms with Crippen LogP contribution in [0.2, 0.25) is 0 Å². The first-order valence-electron chi connectivity index (χ1n) is 5.50. The van der Waals surface area contributed by atoms with Gasteiger partial charge in [-0.2, -0.15) is 0 Å². The van der Waals surface area contributed by atoms with Gasteiger partial charge in [0, 0.05) is 11.4 Å². The molecule has 0 atom stereocenters. The van der Waals surface area contributed by atoms with Crippen LogP contribution >= 0.6 is 11.3 Å². The van der Waals surface area contributed by atoms with E-state index in [1.165, 1.54) is 27.1 Å². The van der Waals surface area contributed by atoms with Gasteiger partial charge in [0.1, 0.15) is 0 Å². The van der Waals surface area contributed by atoms with Gasteiger partial charge in [-0.05, 0) is 49.0 Å². The normalized spacial score (nSPS) is 10.7. The van der Waals surface area contributed by atoms with Crippen molar-refractivity contribution in [3.8, 4) is 10.4 Å². The van der Waals surface area contributed by atoms with Gasteiger partial charge in [0.05, 0.1) is 0 Å². The van der Waals surface area contributed by atoms with Gasteiger partial charge in [0.25, 0.3) is 0 Å². The van der Waals surface area contributed by atoms with Gasteiger partial charge in [-0.3, -0.25) is 0 Å². The summed E-state index contributed by atoms with van der Waals surface area (Å²) in [5, 5.41) is 5.41. The van der Waals surface area contributed by atoms with Crippen molar-refractivity contribution in [1.29, 1.82) is 0 Å². The fourth-order valence-electron chi connectivity index (χ4n) is 1.81. The number of hydrogen-bond acceptors (Lipinski definition) is 2. The van der Waals surface area contributed by atoms with Gasteiger partial charge in [0.15, 0.2) is 0 Å². The highest BCUT2D eigenvalue weighted by atomic mass is 32.1. The van der Waals surface area contributed by atoms with Crippen molar-refractivity contribution in [2.75, 3.05) is 7.05 Å². The Kier molecular flexibility index (Phi) is 3.42. The molecule has 0 aliphatic carbocycles. The quantitative estimate of drug-likeness (QED) is 0.848. The molecule has 0 unspecified atom stereocenters. The molecular formula is C14H17NS. The largest absolute Gasteiger partial charge is 0.316 e. The smallest absolute Gasteiger partial charge is 0.0348 e. The third kappa shape index (κ3) is 2.34. The Morgan fingerprint density at radius 2 is 2.00 bits per heavy atom. The monoisotopic (exact) mass is 231 g/mol. The molecule has 0 aliphatic rings. The van der Waals surface area contributed by atoms with Crippen LogP contribution in [0.15, 0.2) is 29.6 Å². The number of aryl methyl sites for hydroxylation is 2. The summed E-state index contributed by atoms with van der Waals surface area (Å²) in [4.78, 5) is 1.37. The summed E-state index contributed by atoms with van der Waals surface area (Å²) in [6.07, 6.45) is 0. The Bertz CT molecular complexity index is 485. The predicted octanol–water partition coefficient (Wildman–Crippen LogP) is 3.75.